The number of benzene rings is 1. The first-order valence-corrected chi connectivity index (χ1v) is 8.12. The molecule has 0 bridgehead atoms. The number of nitrogens with one attached hydrogen (secondary N) is 1. The van der Waals surface area contributed by atoms with Gasteiger partial charge in [-0.3, -0.25) is 4.79 Å². The molecule has 0 radical (unpaired) electrons. The lowest BCUT2D eigenvalue weighted by atomic mass is 9.93. The number of hydrogen-bond donors (Lipinski definition) is 1. The van der Waals surface area contributed by atoms with Crippen molar-refractivity contribution in [3.8, 4) is 0 Å². The van der Waals surface area contributed by atoms with Gasteiger partial charge < -0.3 is 4.90 Å². The average molecular weight is 509 g/mol. The molecule has 33 heavy (non-hydrogen) atoms. The Hall–Kier alpha value is -2.75. The number of amides is 1. The Morgan fingerprint density at radius 1 is 0.758 bits per heavy atom. The molecule has 1 aromatic carbocycles. The van der Waals surface area contributed by atoms with Crippen LogP contribution < -0.4 is 10.3 Å². The maximum absolute atomic E-state index is 13.6. The predicted octanol–water partition coefficient (Wildman–Crippen LogP) is 4.94. The average Bonchev–Trinajstić information content (AvgIpc) is 2.66. The lowest BCUT2D eigenvalue weighted by molar-refractivity contribution is -0.436. The van der Waals surface area contributed by atoms with Crippen LogP contribution in [0.2, 0.25) is 0 Å². The molecule has 0 aromatic heterocycles. The topological polar surface area (TPSA) is 44.7 Å². The fraction of sp³-hybridized carbons (Fsp3) is 0.500. The highest BCUT2D eigenvalue weighted by Crippen LogP contribution is 2.60. The molecule has 0 aliphatic heterocycles. The number of hydrogen-bond acceptors (Lipinski definition) is 3. The van der Waals surface area contributed by atoms with Crippen molar-refractivity contribution >= 4 is 17.8 Å². The van der Waals surface area contributed by atoms with Crippen LogP contribution in [0.3, 0.4) is 0 Å². The molecule has 188 valence electrons. The summed E-state index contributed by atoms with van der Waals surface area (Å²) in [4.78, 5) is 12.8. The molecule has 0 unspecified atom stereocenters. The van der Waals surface area contributed by atoms with Gasteiger partial charge in [-0.15, -0.1) is 0 Å². The van der Waals surface area contributed by atoms with E-state index in [1.165, 1.54) is 24.3 Å². The Bertz CT molecular complexity index is 877. The van der Waals surface area contributed by atoms with E-state index in [1.54, 1.807) is 19.0 Å². The van der Waals surface area contributed by atoms with Crippen LogP contribution in [-0.4, -0.2) is 62.0 Å². The third-order valence-electron chi connectivity index (χ3n) is 4.01. The third kappa shape index (κ3) is 4.66. The highest BCUT2D eigenvalue weighted by Gasteiger charge is 2.91. The molecule has 0 atom stereocenters. The number of alkyl halides is 13. The second kappa shape index (κ2) is 8.55. The van der Waals surface area contributed by atoms with Crippen molar-refractivity contribution in [1.29, 1.82) is 0 Å². The van der Waals surface area contributed by atoms with Crippen molar-refractivity contribution in [2.75, 3.05) is 19.0 Å². The molecule has 0 saturated carbocycles. The molecule has 0 heterocycles. The summed E-state index contributed by atoms with van der Waals surface area (Å²) in [5.74, 6) is -42.1. The lowest BCUT2D eigenvalue weighted by Crippen LogP contribution is -2.71. The van der Waals surface area contributed by atoms with E-state index in [4.69, 9.17) is 0 Å². The summed E-state index contributed by atoms with van der Waals surface area (Å²) >= 11 is 0. The monoisotopic (exact) mass is 509 g/mol. The molecule has 1 amide bonds. The standard InChI is InChI=1S/C16H12F13N3O/c1-32(2)9-5-3-8(4-6-9)7-30-31-10(33)11(17,18)12(19,20)13(21,22)14(23,24)15(25,26)16(27,28)29/h3-7H,1-2H3,(H,31,33). The van der Waals surface area contributed by atoms with Crippen LogP contribution in [-0.2, 0) is 4.79 Å². The highest BCUT2D eigenvalue weighted by molar-refractivity contribution is 5.87. The number of rotatable bonds is 8. The van der Waals surface area contributed by atoms with Gasteiger partial charge in [0, 0.05) is 19.8 Å². The van der Waals surface area contributed by atoms with E-state index in [-0.39, 0.29) is 5.56 Å². The number of hydrazone groups is 1. The third-order valence-corrected chi connectivity index (χ3v) is 4.01. The van der Waals surface area contributed by atoms with Crippen molar-refractivity contribution in [2.45, 2.75) is 35.8 Å². The number of carbonyl (C=O) groups excluding carboxylic acids is 1. The minimum absolute atomic E-state index is 0.0256. The van der Waals surface area contributed by atoms with Gasteiger partial charge in [-0.2, -0.15) is 62.2 Å². The molecule has 0 fully saturated rings. The first-order chi connectivity index (χ1) is 14.6. The van der Waals surface area contributed by atoms with Crippen LogP contribution in [0.1, 0.15) is 5.56 Å². The second-order valence-corrected chi connectivity index (χ2v) is 6.55. The quantitative estimate of drug-likeness (QED) is 0.307. The van der Waals surface area contributed by atoms with Crippen LogP contribution in [0.4, 0.5) is 62.8 Å². The van der Waals surface area contributed by atoms with Gasteiger partial charge in [0.25, 0.3) is 0 Å². The largest absolute Gasteiger partial charge is 0.460 e. The predicted molar refractivity (Wildman–Crippen MR) is 87.3 cm³/mol. The molecule has 0 aliphatic carbocycles. The van der Waals surface area contributed by atoms with Crippen LogP contribution in [0.25, 0.3) is 0 Å². The molecule has 1 aromatic rings. The second-order valence-electron chi connectivity index (χ2n) is 6.55. The highest BCUT2D eigenvalue weighted by atomic mass is 19.4. The van der Waals surface area contributed by atoms with E-state index in [0.29, 0.717) is 17.3 Å². The summed E-state index contributed by atoms with van der Waals surface area (Å²) in [7, 11) is 3.27. The molecular formula is C16H12F13N3O. The molecule has 4 nitrogen and oxygen atoms in total. The Morgan fingerprint density at radius 2 is 1.18 bits per heavy atom. The maximum Gasteiger partial charge on any atom is 0.460 e. The fourth-order valence-corrected chi connectivity index (χ4v) is 2.01. The molecule has 17 heteroatoms. The van der Waals surface area contributed by atoms with Crippen molar-refractivity contribution in [3.63, 3.8) is 0 Å². The van der Waals surface area contributed by atoms with Gasteiger partial charge in [-0.1, -0.05) is 12.1 Å². The number of halogens is 13. The number of nitrogens with zero attached hydrogens (tertiary/aromatic N) is 2. The minimum atomic E-state index is -8.08. The molecule has 0 saturated heterocycles. The molecule has 1 N–H and O–H groups in total. The van der Waals surface area contributed by atoms with Gasteiger partial charge >= 0.3 is 41.7 Å². The first-order valence-electron chi connectivity index (χ1n) is 8.12. The van der Waals surface area contributed by atoms with Gasteiger partial charge in [0.2, 0.25) is 0 Å². The molecular weight excluding hydrogens is 497 g/mol. The zero-order valence-electron chi connectivity index (χ0n) is 16.1. The van der Waals surface area contributed by atoms with E-state index < -0.39 is 41.7 Å². The summed E-state index contributed by atoms with van der Waals surface area (Å²) in [6, 6.07) is 5.36. The van der Waals surface area contributed by atoms with Crippen molar-refractivity contribution in [3.05, 3.63) is 29.8 Å². The lowest BCUT2D eigenvalue weighted by Gasteiger charge is -2.38. The fourth-order valence-electron chi connectivity index (χ4n) is 2.01. The van der Waals surface area contributed by atoms with Crippen molar-refractivity contribution < 1.29 is 61.9 Å². The van der Waals surface area contributed by atoms with Crippen LogP contribution in [0.15, 0.2) is 29.4 Å². The minimum Gasteiger partial charge on any atom is -0.378 e. The summed E-state index contributed by atoms with van der Waals surface area (Å²) < 4.78 is 169. The van der Waals surface area contributed by atoms with Crippen LogP contribution >= 0.6 is 0 Å². The van der Waals surface area contributed by atoms with Crippen LogP contribution in [0.5, 0.6) is 0 Å². The van der Waals surface area contributed by atoms with E-state index >= 15 is 0 Å². The zero-order valence-corrected chi connectivity index (χ0v) is 16.1. The maximum atomic E-state index is 13.6. The van der Waals surface area contributed by atoms with Crippen molar-refractivity contribution in [2.24, 2.45) is 5.10 Å². The van der Waals surface area contributed by atoms with E-state index in [2.05, 4.69) is 5.10 Å². The Morgan fingerprint density at radius 3 is 1.58 bits per heavy atom. The summed E-state index contributed by atoms with van der Waals surface area (Å²) in [5.41, 5.74) is 1.25. The normalized spacial score (nSPS) is 14.5. The van der Waals surface area contributed by atoms with Crippen LogP contribution in [0, 0.1) is 0 Å². The zero-order chi connectivity index (χ0) is 26.3. The van der Waals surface area contributed by atoms with Gasteiger partial charge in [0.15, 0.2) is 0 Å². The smallest absolute Gasteiger partial charge is 0.378 e. The number of carbonyl (C=O) groups is 1. The van der Waals surface area contributed by atoms with Gasteiger partial charge in [0.05, 0.1) is 6.21 Å². The number of anilines is 1. The van der Waals surface area contributed by atoms with E-state index in [1.807, 2.05) is 0 Å². The van der Waals surface area contributed by atoms with Gasteiger partial charge in [-0.25, -0.2) is 5.43 Å². The SMILES string of the molecule is CN(C)c1ccc(C=NNC(=O)C(F)(F)C(F)(F)C(F)(F)C(F)(F)C(F)(F)C(F)(F)F)cc1. The van der Waals surface area contributed by atoms with E-state index in [9.17, 15) is 61.9 Å². The molecule has 0 spiro atoms. The Labute approximate surface area is 176 Å². The first kappa shape index (κ1) is 28.3. The summed E-state index contributed by atoms with van der Waals surface area (Å²) in [6.07, 6.45) is -7.00. The Balaban J connectivity index is 3.18. The summed E-state index contributed by atoms with van der Waals surface area (Å²) in [6.45, 7) is 0. The van der Waals surface area contributed by atoms with E-state index in [0.717, 1.165) is 0 Å². The van der Waals surface area contributed by atoms with Gasteiger partial charge in [0.1, 0.15) is 0 Å². The molecule has 1 rings (SSSR count). The Kier molecular flexibility index (Phi) is 7.33. The molecule has 0 aliphatic rings. The van der Waals surface area contributed by atoms with Crippen molar-refractivity contribution in [1.82, 2.24) is 5.43 Å². The van der Waals surface area contributed by atoms with Gasteiger partial charge in [-0.05, 0) is 17.7 Å². The summed E-state index contributed by atoms with van der Waals surface area (Å²) in [5, 5.41) is 2.72.